The molecule has 1 aliphatic heterocycles. The molecule has 1 unspecified atom stereocenters. The Bertz CT molecular complexity index is 747. The maximum absolute atomic E-state index is 12.0. The van der Waals surface area contributed by atoms with Crippen LogP contribution in [0, 0.1) is 0 Å². The van der Waals surface area contributed by atoms with Crippen LogP contribution in [0.4, 0.5) is 0 Å². The first kappa shape index (κ1) is 20.5. The third-order valence-electron chi connectivity index (χ3n) is 5.23. The summed E-state index contributed by atoms with van der Waals surface area (Å²) < 4.78 is 7.14. The Morgan fingerprint density at radius 1 is 1.21 bits per heavy atom. The van der Waals surface area contributed by atoms with Gasteiger partial charge in [-0.25, -0.2) is 0 Å². The van der Waals surface area contributed by atoms with E-state index in [-0.39, 0.29) is 11.9 Å². The molecule has 1 N–H and O–H groups in total. The van der Waals surface area contributed by atoms with Gasteiger partial charge in [0.15, 0.2) is 5.82 Å². The Kier molecular flexibility index (Phi) is 7.56. The van der Waals surface area contributed by atoms with Gasteiger partial charge in [-0.05, 0) is 31.9 Å². The first-order chi connectivity index (χ1) is 13.7. The molecule has 0 spiro atoms. The minimum atomic E-state index is -0.157. The van der Waals surface area contributed by atoms with Crippen LogP contribution < -0.4 is 5.32 Å². The Labute approximate surface area is 167 Å². The highest BCUT2D eigenvalue weighted by Gasteiger charge is 2.22. The molecule has 152 valence electrons. The van der Waals surface area contributed by atoms with Gasteiger partial charge in [0.1, 0.15) is 5.82 Å². The number of carbonyl (C=O) groups is 1. The Hall–Kier alpha value is -2.25. The lowest BCUT2D eigenvalue weighted by Crippen LogP contribution is -2.31. The molecule has 1 aromatic carbocycles. The minimum absolute atomic E-state index is 0.0251. The normalized spacial score (nSPS) is 15.6. The number of ether oxygens (including phenoxy) is 1. The van der Waals surface area contributed by atoms with Crippen molar-refractivity contribution < 1.29 is 9.53 Å². The average molecular weight is 386 g/mol. The van der Waals surface area contributed by atoms with Crippen molar-refractivity contribution in [1.29, 1.82) is 0 Å². The molecule has 0 radical (unpaired) electrons. The maximum Gasteiger partial charge on any atom is 0.222 e. The van der Waals surface area contributed by atoms with Gasteiger partial charge < -0.3 is 19.5 Å². The fourth-order valence-corrected chi connectivity index (χ4v) is 3.66. The molecular weight excluding hydrogens is 354 g/mol. The number of hydrogen-bond donors (Lipinski definition) is 1. The summed E-state index contributed by atoms with van der Waals surface area (Å²) in [5.74, 6) is 1.83. The van der Waals surface area contributed by atoms with Gasteiger partial charge in [0.25, 0.3) is 0 Å². The van der Waals surface area contributed by atoms with E-state index in [2.05, 4.69) is 55.3 Å². The van der Waals surface area contributed by atoms with Gasteiger partial charge in [-0.3, -0.25) is 4.79 Å². The van der Waals surface area contributed by atoms with Crippen LogP contribution in [0.5, 0.6) is 0 Å². The predicted molar refractivity (Wildman–Crippen MR) is 108 cm³/mol. The molecule has 1 amide bonds. The molecule has 28 heavy (non-hydrogen) atoms. The molecule has 1 atom stereocenters. The summed E-state index contributed by atoms with van der Waals surface area (Å²) >= 11 is 0. The van der Waals surface area contributed by atoms with E-state index < -0.39 is 0 Å². The second-order valence-electron chi connectivity index (χ2n) is 7.34. The van der Waals surface area contributed by atoms with Gasteiger partial charge in [-0.2, -0.15) is 0 Å². The summed E-state index contributed by atoms with van der Waals surface area (Å²) in [6.45, 7) is 6.32. The Morgan fingerprint density at radius 3 is 2.82 bits per heavy atom. The first-order valence-corrected chi connectivity index (χ1v) is 10.1. The summed E-state index contributed by atoms with van der Waals surface area (Å²) in [6.07, 6.45) is 3.52. The molecule has 0 saturated carbocycles. The summed E-state index contributed by atoms with van der Waals surface area (Å²) in [4.78, 5) is 14.5. The molecule has 0 saturated heterocycles. The molecule has 1 aromatic heterocycles. The van der Waals surface area contributed by atoms with Crippen molar-refractivity contribution in [1.82, 2.24) is 25.0 Å². The molecule has 0 fully saturated rings. The number of amides is 1. The smallest absolute Gasteiger partial charge is 0.222 e. The van der Waals surface area contributed by atoms with Crippen molar-refractivity contribution in [3.05, 3.63) is 47.5 Å². The standard InChI is InChI=1S/C21H31N5O2/c1-17(22-20(27)11-16-28-2)21-24-23-19-10-13-25(14-15-26(19)21)12-6-9-18-7-4-3-5-8-18/h3-5,7-8,17H,6,9-16H2,1-2H3,(H,22,27). The lowest BCUT2D eigenvalue weighted by molar-refractivity contribution is -0.122. The fourth-order valence-electron chi connectivity index (χ4n) is 3.66. The number of aryl methyl sites for hydroxylation is 1. The Morgan fingerprint density at radius 2 is 2.04 bits per heavy atom. The number of benzene rings is 1. The SMILES string of the molecule is COCCC(=O)NC(C)c1nnc2n1CCN(CCCc1ccccc1)CC2. The second kappa shape index (κ2) is 10.3. The third-order valence-corrected chi connectivity index (χ3v) is 5.23. The van der Waals surface area contributed by atoms with Crippen LogP contribution in [-0.4, -0.2) is 58.9 Å². The van der Waals surface area contributed by atoms with Crippen LogP contribution in [-0.2, 0) is 28.9 Å². The van der Waals surface area contributed by atoms with Gasteiger partial charge in [0.05, 0.1) is 12.6 Å². The summed E-state index contributed by atoms with van der Waals surface area (Å²) in [5, 5.41) is 11.7. The average Bonchev–Trinajstić information content (AvgIpc) is 3.01. The molecule has 0 aliphatic carbocycles. The van der Waals surface area contributed by atoms with Crippen LogP contribution in [0.25, 0.3) is 0 Å². The molecule has 7 heteroatoms. The highest BCUT2D eigenvalue weighted by atomic mass is 16.5. The zero-order valence-electron chi connectivity index (χ0n) is 16.9. The molecule has 3 rings (SSSR count). The highest BCUT2D eigenvalue weighted by Crippen LogP contribution is 2.16. The van der Waals surface area contributed by atoms with E-state index in [1.165, 1.54) is 5.56 Å². The first-order valence-electron chi connectivity index (χ1n) is 10.1. The minimum Gasteiger partial charge on any atom is -0.384 e. The van der Waals surface area contributed by atoms with Crippen LogP contribution in [0.1, 0.15) is 43.0 Å². The van der Waals surface area contributed by atoms with Crippen molar-refractivity contribution in [3.8, 4) is 0 Å². The van der Waals surface area contributed by atoms with Crippen LogP contribution in [0.3, 0.4) is 0 Å². The Balaban J connectivity index is 1.50. The van der Waals surface area contributed by atoms with E-state index in [9.17, 15) is 4.79 Å². The largest absolute Gasteiger partial charge is 0.384 e. The molecule has 2 heterocycles. The quantitative estimate of drug-likeness (QED) is 0.715. The number of carbonyl (C=O) groups excluding carboxylic acids is 1. The highest BCUT2D eigenvalue weighted by molar-refractivity contribution is 5.76. The third kappa shape index (κ3) is 5.62. The molecule has 2 aromatic rings. The van der Waals surface area contributed by atoms with E-state index in [1.54, 1.807) is 7.11 Å². The number of fused-ring (bicyclic) bond motifs is 1. The van der Waals surface area contributed by atoms with E-state index in [1.807, 2.05) is 6.92 Å². The van der Waals surface area contributed by atoms with Gasteiger partial charge in [-0.1, -0.05) is 30.3 Å². The fraction of sp³-hybridized carbons (Fsp3) is 0.571. The number of aromatic nitrogens is 3. The van der Waals surface area contributed by atoms with Gasteiger partial charge in [0, 0.05) is 39.6 Å². The number of hydrogen-bond acceptors (Lipinski definition) is 5. The van der Waals surface area contributed by atoms with Crippen LogP contribution >= 0.6 is 0 Å². The summed E-state index contributed by atoms with van der Waals surface area (Å²) in [7, 11) is 1.60. The van der Waals surface area contributed by atoms with Crippen LogP contribution in [0.2, 0.25) is 0 Å². The lowest BCUT2D eigenvalue weighted by atomic mass is 10.1. The van der Waals surface area contributed by atoms with E-state index in [4.69, 9.17) is 4.74 Å². The van der Waals surface area contributed by atoms with Crippen molar-refractivity contribution in [2.75, 3.05) is 33.4 Å². The van der Waals surface area contributed by atoms with Gasteiger partial charge >= 0.3 is 0 Å². The topological polar surface area (TPSA) is 72.3 Å². The second-order valence-corrected chi connectivity index (χ2v) is 7.34. The number of nitrogens with zero attached hydrogens (tertiary/aromatic N) is 4. The number of nitrogens with one attached hydrogen (secondary N) is 1. The van der Waals surface area contributed by atoms with E-state index in [0.717, 1.165) is 57.1 Å². The molecular formula is C21H31N5O2. The number of rotatable bonds is 9. The van der Waals surface area contributed by atoms with E-state index >= 15 is 0 Å². The van der Waals surface area contributed by atoms with Crippen molar-refractivity contribution in [3.63, 3.8) is 0 Å². The van der Waals surface area contributed by atoms with Crippen molar-refractivity contribution in [2.45, 2.75) is 45.2 Å². The summed E-state index contributed by atoms with van der Waals surface area (Å²) in [5.41, 5.74) is 1.40. The van der Waals surface area contributed by atoms with Crippen molar-refractivity contribution in [2.24, 2.45) is 0 Å². The van der Waals surface area contributed by atoms with Gasteiger partial charge in [-0.15, -0.1) is 10.2 Å². The molecule has 7 nitrogen and oxygen atoms in total. The predicted octanol–water partition coefficient (Wildman–Crippen LogP) is 1.98. The molecule has 1 aliphatic rings. The number of methoxy groups -OCH3 is 1. The zero-order chi connectivity index (χ0) is 19.8. The summed E-state index contributed by atoms with van der Waals surface area (Å²) in [6, 6.07) is 10.5. The van der Waals surface area contributed by atoms with E-state index in [0.29, 0.717) is 13.0 Å². The van der Waals surface area contributed by atoms with Gasteiger partial charge in [0.2, 0.25) is 5.91 Å². The monoisotopic (exact) mass is 385 g/mol. The van der Waals surface area contributed by atoms with Crippen LogP contribution in [0.15, 0.2) is 30.3 Å². The maximum atomic E-state index is 12.0. The zero-order valence-corrected chi connectivity index (χ0v) is 16.9. The lowest BCUT2D eigenvalue weighted by Gasteiger charge is -2.20. The molecule has 0 bridgehead atoms. The van der Waals surface area contributed by atoms with Crippen molar-refractivity contribution >= 4 is 5.91 Å².